The molecule has 1 aliphatic carbocycles. The van der Waals surface area contributed by atoms with E-state index in [0.29, 0.717) is 0 Å². The highest BCUT2D eigenvalue weighted by Gasteiger charge is 2.38. The zero-order chi connectivity index (χ0) is 17.1. The van der Waals surface area contributed by atoms with Crippen molar-refractivity contribution in [3.8, 4) is 0 Å². The predicted octanol–water partition coefficient (Wildman–Crippen LogP) is 6.67. The van der Waals surface area contributed by atoms with Gasteiger partial charge >= 0.3 is 0 Å². The second-order valence-corrected chi connectivity index (χ2v) is 8.09. The van der Waals surface area contributed by atoms with E-state index in [2.05, 4.69) is 94.8 Å². The van der Waals surface area contributed by atoms with E-state index in [1.54, 1.807) is 0 Å². The number of benzene rings is 3. The number of rotatable bonds is 4. The molecule has 4 rings (SSSR count). The summed E-state index contributed by atoms with van der Waals surface area (Å²) >= 11 is 3.88. The third kappa shape index (κ3) is 3.77. The highest BCUT2D eigenvalue weighted by molar-refractivity contribution is 9.10. The van der Waals surface area contributed by atoms with E-state index in [-0.39, 0.29) is 11.6 Å². The van der Waals surface area contributed by atoms with Crippen molar-refractivity contribution < 1.29 is 0 Å². The fourth-order valence-corrected chi connectivity index (χ4v) is 5.33. The Morgan fingerprint density at radius 1 is 0.731 bits per heavy atom. The zero-order valence-electron chi connectivity index (χ0n) is 15.1. The minimum Gasteiger partial charge on any atom is -0.344 e. The minimum absolute atomic E-state index is 0. The lowest BCUT2D eigenvalue weighted by Gasteiger charge is -2.41. The second-order valence-electron chi connectivity index (χ2n) is 7.23. The molecule has 0 bridgehead atoms. The van der Waals surface area contributed by atoms with Gasteiger partial charge in [0.1, 0.15) is 0 Å². The molecular weight excluding hydrogens is 382 g/mol. The van der Waals surface area contributed by atoms with Gasteiger partial charge in [0.2, 0.25) is 0 Å². The molecule has 1 aliphatic rings. The Morgan fingerprint density at radius 2 is 1.31 bits per heavy atom. The molecule has 0 radical (unpaired) electrons. The molecule has 0 aliphatic heterocycles. The largest absolute Gasteiger partial charge is 0.344 e. The SMILES string of the molecule is Brc1cccc2c1C(Cc1ccccc1)(Cc1ccccc1)CCC2.N. The first-order chi connectivity index (χ1) is 12.3. The summed E-state index contributed by atoms with van der Waals surface area (Å²) in [7, 11) is 0. The fraction of sp³-hybridized carbons (Fsp3) is 0.250. The Hall–Kier alpha value is -1.90. The van der Waals surface area contributed by atoms with Crippen molar-refractivity contribution in [1.82, 2.24) is 6.15 Å². The third-order valence-corrected chi connectivity index (χ3v) is 6.16. The standard InChI is InChI=1S/C24H23Br.H3N/c25-22-15-7-13-21-14-8-16-24(23(21)22,17-19-9-3-1-4-10-19)18-20-11-5-2-6-12-20;/h1-7,9-13,15H,8,14,16-18H2;1H3. The van der Waals surface area contributed by atoms with Gasteiger partial charge in [-0.05, 0) is 60.4 Å². The first-order valence-corrected chi connectivity index (χ1v) is 9.92. The Morgan fingerprint density at radius 3 is 1.88 bits per heavy atom. The quantitative estimate of drug-likeness (QED) is 0.514. The summed E-state index contributed by atoms with van der Waals surface area (Å²) in [5, 5.41) is 0. The monoisotopic (exact) mass is 407 g/mol. The Bertz CT molecular complexity index is 801. The van der Waals surface area contributed by atoms with E-state index in [1.807, 2.05) is 0 Å². The van der Waals surface area contributed by atoms with Crippen LogP contribution in [0.1, 0.15) is 35.1 Å². The van der Waals surface area contributed by atoms with Crippen LogP contribution in [0.25, 0.3) is 0 Å². The molecule has 0 saturated carbocycles. The van der Waals surface area contributed by atoms with Gasteiger partial charge in [-0.2, -0.15) is 0 Å². The van der Waals surface area contributed by atoms with Gasteiger partial charge in [-0.3, -0.25) is 0 Å². The first-order valence-electron chi connectivity index (χ1n) is 9.13. The van der Waals surface area contributed by atoms with Gasteiger partial charge in [-0.15, -0.1) is 0 Å². The van der Waals surface area contributed by atoms with E-state index in [4.69, 9.17) is 0 Å². The molecule has 2 heteroatoms. The van der Waals surface area contributed by atoms with Gasteiger partial charge in [0, 0.05) is 9.89 Å². The normalized spacial score (nSPS) is 15.0. The number of aryl methyl sites for hydroxylation is 1. The van der Waals surface area contributed by atoms with Crippen LogP contribution in [0.4, 0.5) is 0 Å². The lowest BCUT2D eigenvalue weighted by molar-refractivity contribution is 0.351. The summed E-state index contributed by atoms with van der Waals surface area (Å²) in [6.07, 6.45) is 5.90. The summed E-state index contributed by atoms with van der Waals surface area (Å²) in [4.78, 5) is 0. The van der Waals surface area contributed by atoms with E-state index in [0.717, 1.165) is 12.8 Å². The van der Waals surface area contributed by atoms with E-state index >= 15 is 0 Å². The molecule has 0 amide bonds. The highest BCUT2D eigenvalue weighted by atomic mass is 79.9. The molecule has 3 aromatic rings. The zero-order valence-corrected chi connectivity index (χ0v) is 16.7. The lowest BCUT2D eigenvalue weighted by Crippen LogP contribution is -2.36. The van der Waals surface area contributed by atoms with Crippen molar-refractivity contribution in [2.45, 2.75) is 37.5 Å². The van der Waals surface area contributed by atoms with Gasteiger partial charge in [-0.25, -0.2) is 0 Å². The molecule has 1 nitrogen and oxygen atoms in total. The minimum atomic E-state index is 0. The van der Waals surface area contributed by atoms with Crippen molar-refractivity contribution in [3.05, 3.63) is 106 Å². The van der Waals surface area contributed by atoms with Crippen molar-refractivity contribution in [2.24, 2.45) is 0 Å². The summed E-state index contributed by atoms with van der Waals surface area (Å²) in [6.45, 7) is 0. The maximum atomic E-state index is 3.88. The highest BCUT2D eigenvalue weighted by Crippen LogP contribution is 2.45. The second kappa shape index (κ2) is 8.20. The molecule has 134 valence electrons. The Kier molecular flexibility index (Phi) is 5.95. The number of hydrogen-bond donors (Lipinski definition) is 1. The Labute approximate surface area is 165 Å². The molecule has 0 atom stereocenters. The number of hydrogen-bond acceptors (Lipinski definition) is 1. The molecular formula is C24H26BrN. The third-order valence-electron chi connectivity index (χ3n) is 5.50. The van der Waals surface area contributed by atoms with Crippen LogP contribution in [0.15, 0.2) is 83.3 Å². The summed E-state index contributed by atoms with van der Waals surface area (Å²) in [5.41, 5.74) is 6.08. The molecule has 0 aromatic heterocycles. The van der Waals surface area contributed by atoms with Crippen LogP contribution in [0.3, 0.4) is 0 Å². The fourth-order valence-electron chi connectivity index (χ4n) is 4.50. The molecule has 26 heavy (non-hydrogen) atoms. The molecule has 3 N–H and O–H groups in total. The molecule has 0 fully saturated rings. The average Bonchev–Trinajstić information content (AvgIpc) is 2.63. The van der Waals surface area contributed by atoms with Crippen LogP contribution in [-0.4, -0.2) is 0 Å². The van der Waals surface area contributed by atoms with E-state index < -0.39 is 0 Å². The maximum absolute atomic E-state index is 3.88. The van der Waals surface area contributed by atoms with Gasteiger partial charge in [-0.1, -0.05) is 88.7 Å². The van der Waals surface area contributed by atoms with Crippen molar-refractivity contribution >= 4 is 15.9 Å². The number of fused-ring (bicyclic) bond motifs is 1. The average molecular weight is 408 g/mol. The van der Waals surface area contributed by atoms with Crippen molar-refractivity contribution in [2.75, 3.05) is 0 Å². The van der Waals surface area contributed by atoms with E-state index in [9.17, 15) is 0 Å². The van der Waals surface area contributed by atoms with Gasteiger partial charge < -0.3 is 6.15 Å². The summed E-state index contributed by atoms with van der Waals surface area (Å²) < 4.78 is 1.27. The van der Waals surface area contributed by atoms with Crippen LogP contribution in [0.2, 0.25) is 0 Å². The van der Waals surface area contributed by atoms with Gasteiger partial charge in [0.15, 0.2) is 0 Å². The van der Waals surface area contributed by atoms with Crippen LogP contribution in [-0.2, 0) is 24.7 Å². The maximum Gasteiger partial charge on any atom is 0.0215 e. The summed E-state index contributed by atoms with van der Waals surface area (Å²) in [5.74, 6) is 0. The molecule has 3 aromatic carbocycles. The van der Waals surface area contributed by atoms with Crippen LogP contribution in [0.5, 0.6) is 0 Å². The van der Waals surface area contributed by atoms with Crippen LogP contribution in [0, 0.1) is 0 Å². The number of halogens is 1. The van der Waals surface area contributed by atoms with Gasteiger partial charge in [0.05, 0.1) is 0 Å². The van der Waals surface area contributed by atoms with E-state index in [1.165, 1.54) is 46.0 Å². The molecule has 0 unspecified atom stereocenters. The van der Waals surface area contributed by atoms with Gasteiger partial charge in [0.25, 0.3) is 0 Å². The van der Waals surface area contributed by atoms with Crippen LogP contribution < -0.4 is 6.15 Å². The van der Waals surface area contributed by atoms with Crippen molar-refractivity contribution in [1.29, 1.82) is 0 Å². The van der Waals surface area contributed by atoms with Crippen molar-refractivity contribution in [3.63, 3.8) is 0 Å². The molecule has 0 saturated heterocycles. The molecule has 0 heterocycles. The predicted molar refractivity (Wildman–Crippen MR) is 114 cm³/mol. The van der Waals surface area contributed by atoms with Crippen LogP contribution >= 0.6 is 15.9 Å². The smallest absolute Gasteiger partial charge is 0.0215 e. The molecule has 0 spiro atoms. The first kappa shape index (κ1) is 18.9. The summed E-state index contributed by atoms with van der Waals surface area (Å²) in [6, 6.07) is 28.7. The lowest BCUT2D eigenvalue weighted by atomic mass is 9.64. The Balaban J connectivity index is 0.00000196. The topological polar surface area (TPSA) is 35.0 Å².